The van der Waals surface area contributed by atoms with E-state index >= 15 is 0 Å². The van der Waals surface area contributed by atoms with Gasteiger partial charge < -0.3 is 15.1 Å². The fraction of sp³-hybridized carbons (Fsp3) is 0.174. The summed E-state index contributed by atoms with van der Waals surface area (Å²) in [6.45, 7) is 3.81. The first-order valence-corrected chi connectivity index (χ1v) is 9.76. The average Bonchev–Trinajstić information content (AvgIpc) is 3.31. The van der Waals surface area contributed by atoms with E-state index in [4.69, 9.17) is 10.2 Å². The lowest BCUT2D eigenvalue weighted by Gasteiger charge is -2.14. The van der Waals surface area contributed by atoms with Crippen LogP contribution in [0.25, 0.3) is 17.2 Å². The van der Waals surface area contributed by atoms with Crippen LogP contribution < -0.4 is 5.73 Å². The van der Waals surface area contributed by atoms with Gasteiger partial charge in [0.05, 0.1) is 5.70 Å². The van der Waals surface area contributed by atoms with Gasteiger partial charge in [-0.25, -0.2) is 13.8 Å². The Labute approximate surface area is 189 Å². The largest absolute Gasteiger partial charge is 0.414 e. The van der Waals surface area contributed by atoms with Crippen molar-refractivity contribution in [3.63, 3.8) is 0 Å². The van der Waals surface area contributed by atoms with Crippen molar-refractivity contribution in [1.29, 1.82) is 0 Å². The van der Waals surface area contributed by atoms with Crippen LogP contribution in [0.3, 0.4) is 0 Å². The standard InChI is InChI=1S/C23H22F2N6O2/c1-13(16-11-10-15(23(32)31(3)4)12-17(16)19(24)25)28-18(20(26)27-2)22-30-29-21(33-22)14-8-6-5-7-9-14/h5-12,19H,1H2,2-4H3,(H2,26,27). The zero-order chi connectivity index (χ0) is 24.1. The van der Waals surface area contributed by atoms with Gasteiger partial charge in [-0.1, -0.05) is 30.8 Å². The van der Waals surface area contributed by atoms with Crippen molar-refractivity contribution in [3.8, 4) is 11.5 Å². The number of hydrogen-bond acceptors (Lipinski definition) is 6. The quantitative estimate of drug-likeness (QED) is 0.433. The topological polar surface area (TPSA) is 110 Å². The summed E-state index contributed by atoms with van der Waals surface area (Å²) in [4.78, 5) is 21.7. The fourth-order valence-electron chi connectivity index (χ4n) is 2.93. The first-order chi connectivity index (χ1) is 15.7. The van der Waals surface area contributed by atoms with Gasteiger partial charge in [0.1, 0.15) is 5.84 Å². The highest BCUT2D eigenvalue weighted by atomic mass is 19.3. The summed E-state index contributed by atoms with van der Waals surface area (Å²) in [5.74, 6) is -0.263. The number of aromatic nitrogens is 2. The number of benzene rings is 2. The lowest BCUT2D eigenvalue weighted by atomic mass is 10.0. The number of amidine groups is 1. The minimum Gasteiger partial charge on any atom is -0.414 e. The molecule has 0 spiro atoms. The van der Waals surface area contributed by atoms with Gasteiger partial charge in [-0.05, 0) is 24.3 Å². The van der Waals surface area contributed by atoms with Crippen LogP contribution in [0.15, 0.2) is 69.5 Å². The van der Waals surface area contributed by atoms with E-state index in [1.54, 1.807) is 12.1 Å². The molecule has 0 bridgehead atoms. The van der Waals surface area contributed by atoms with E-state index in [2.05, 4.69) is 26.8 Å². The van der Waals surface area contributed by atoms with Crippen LogP contribution in [0.4, 0.5) is 8.78 Å². The van der Waals surface area contributed by atoms with Crippen molar-refractivity contribution >= 4 is 23.2 Å². The number of nitrogens with zero attached hydrogens (tertiary/aromatic N) is 5. The summed E-state index contributed by atoms with van der Waals surface area (Å²) in [5.41, 5.74) is 6.39. The second kappa shape index (κ2) is 9.94. The number of alkyl halides is 2. The Hall–Kier alpha value is -4.21. The second-order valence-electron chi connectivity index (χ2n) is 7.10. The van der Waals surface area contributed by atoms with Crippen LogP contribution in [-0.4, -0.2) is 53.7 Å². The molecule has 2 N–H and O–H groups in total. The monoisotopic (exact) mass is 452 g/mol. The summed E-state index contributed by atoms with van der Waals surface area (Å²) >= 11 is 0. The number of amides is 1. The van der Waals surface area contributed by atoms with Crippen LogP contribution >= 0.6 is 0 Å². The molecule has 0 saturated heterocycles. The van der Waals surface area contributed by atoms with E-state index in [1.807, 2.05) is 18.2 Å². The molecule has 0 saturated carbocycles. The number of nitrogens with two attached hydrogens (primary N) is 1. The third-order valence-corrected chi connectivity index (χ3v) is 4.63. The van der Waals surface area contributed by atoms with Gasteiger partial charge in [0.2, 0.25) is 5.89 Å². The maximum absolute atomic E-state index is 13.8. The van der Waals surface area contributed by atoms with Crippen LogP contribution in [-0.2, 0) is 0 Å². The molecule has 33 heavy (non-hydrogen) atoms. The first kappa shape index (κ1) is 23.5. The Morgan fingerprint density at radius 3 is 2.45 bits per heavy atom. The van der Waals surface area contributed by atoms with Crippen LogP contribution in [0.1, 0.15) is 33.8 Å². The zero-order valence-corrected chi connectivity index (χ0v) is 18.3. The Morgan fingerprint density at radius 1 is 1.15 bits per heavy atom. The summed E-state index contributed by atoms with van der Waals surface area (Å²) in [6.07, 6.45) is -2.87. The maximum atomic E-state index is 13.8. The molecule has 0 aliphatic rings. The minimum absolute atomic E-state index is 0.00848. The lowest BCUT2D eigenvalue weighted by Crippen LogP contribution is -2.25. The second-order valence-corrected chi connectivity index (χ2v) is 7.10. The third-order valence-electron chi connectivity index (χ3n) is 4.63. The molecule has 1 amide bonds. The van der Waals surface area contributed by atoms with Crippen molar-refractivity contribution in [2.75, 3.05) is 21.1 Å². The molecule has 0 aliphatic carbocycles. The molecular weight excluding hydrogens is 430 g/mol. The molecule has 3 aromatic rings. The molecule has 0 radical (unpaired) electrons. The predicted molar refractivity (Wildman–Crippen MR) is 122 cm³/mol. The van der Waals surface area contributed by atoms with Crippen LogP contribution in [0.5, 0.6) is 0 Å². The third kappa shape index (κ3) is 5.17. The van der Waals surface area contributed by atoms with Gasteiger partial charge >= 0.3 is 0 Å². The minimum atomic E-state index is -2.87. The number of carbonyl (C=O) groups is 1. The Bertz CT molecular complexity index is 1230. The van der Waals surface area contributed by atoms with E-state index in [-0.39, 0.29) is 40.2 Å². The van der Waals surface area contributed by atoms with Gasteiger partial charge in [0.15, 0.2) is 5.71 Å². The highest BCUT2D eigenvalue weighted by Gasteiger charge is 2.22. The van der Waals surface area contributed by atoms with Gasteiger partial charge in [-0.15, -0.1) is 10.2 Å². The summed E-state index contributed by atoms with van der Waals surface area (Å²) in [7, 11) is 4.51. The van der Waals surface area contributed by atoms with Gasteiger partial charge in [0, 0.05) is 43.4 Å². The first-order valence-electron chi connectivity index (χ1n) is 9.76. The molecule has 1 heterocycles. The molecule has 3 rings (SSSR count). The van der Waals surface area contributed by atoms with Crippen molar-refractivity contribution in [3.05, 3.63) is 77.7 Å². The number of hydrogen-bond donors (Lipinski definition) is 1. The zero-order valence-electron chi connectivity index (χ0n) is 18.3. The molecule has 0 unspecified atom stereocenters. The predicted octanol–water partition coefficient (Wildman–Crippen LogP) is 3.82. The van der Waals surface area contributed by atoms with Crippen molar-refractivity contribution in [1.82, 2.24) is 15.1 Å². The Kier molecular flexibility index (Phi) is 7.07. The number of aliphatic imine (C=N–C) groups is 2. The van der Waals surface area contributed by atoms with E-state index < -0.39 is 17.9 Å². The van der Waals surface area contributed by atoms with Gasteiger partial charge in [-0.3, -0.25) is 9.79 Å². The summed E-state index contributed by atoms with van der Waals surface area (Å²) in [6, 6.07) is 13.0. The fourth-order valence-corrected chi connectivity index (χ4v) is 2.93. The molecule has 170 valence electrons. The molecule has 0 aliphatic heterocycles. The van der Waals surface area contributed by atoms with E-state index in [1.165, 1.54) is 38.2 Å². The number of rotatable bonds is 7. The molecule has 0 atom stereocenters. The molecule has 8 nitrogen and oxygen atoms in total. The van der Waals surface area contributed by atoms with E-state index in [9.17, 15) is 13.6 Å². The van der Waals surface area contributed by atoms with Crippen LogP contribution in [0.2, 0.25) is 0 Å². The normalized spacial score (nSPS) is 12.2. The Morgan fingerprint density at radius 2 is 1.85 bits per heavy atom. The summed E-state index contributed by atoms with van der Waals surface area (Å²) < 4.78 is 33.3. The smallest absolute Gasteiger partial charge is 0.270 e. The van der Waals surface area contributed by atoms with Gasteiger partial charge in [-0.2, -0.15) is 0 Å². The number of carbonyl (C=O) groups excluding carboxylic acids is 1. The van der Waals surface area contributed by atoms with Crippen molar-refractivity contribution < 1.29 is 18.0 Å². The summed E-state index contributed by atoms with van der Waals surface area (Å²) in [5, 5.41) is 7.97. The van der Waals surface area contributed by atoms with E-state index in [0.29, 0.717) is 5.56 Å². The van der Waals surface area contributed by atoms with Crippen LogP contribution in [0, 0.1) is 0 Å². The van der Waals surface area contributed by atoms with E-state index in [0.717, 1.165) is 6.07 Å². The average molecular weight is 452 g/mol. The molecular formula is C23H22F2N6O2. The molecule has 0 fully saturated rings. The highest BCUT2D eigenvalue weighted by molar-refractivity contribution is 6.46. The SMILES string of the molecule is C=C(N=C(C(N)=NC)c1nnc(-c2ccccc2)o1)c1ccc(C(=O)N(C)C)cc1C(F)F. The maximum Gasteiger partial charge on any atom is 0.270 e. The molecule has 2 aromatic carbocycles. The lowest BCUT2D eigenvalue weighted by molar-refractivity contribution is 0.0827. The number of halogens is 2. The molecule has 1 aromatic heterocycles. The molecule has 10 heteroatoms. The Balaban J connectivity index is 2.04. The highest BCUT2D eigenvalue weighted by Crippen LogP contribution is 2.30. The van der Waals surface area contributed by atoms with Crippen molar-refractivity contribution in [2.24, 2.45) is 15.7 Å². The van der Waals surface area contributed by atoms with Crippen molar-refractivity contribution in [2.45, 2.75) is 6.43 Å². The van der Waals surface area contributed by atoms with Gasteiger partial charge in [0.25, 0.3) is 18.2 Å².